The number of pyridine rings is 1. The van der Waals surface area contributed by atoms with Crippen molar-refractivity contribution in [1.29, 1.82) is 0 Å². The van der Waals surface area contributed by atoms with Gasteiger partial charge in [0.25, 0.3) is 5.56 Å². The van der Waals surface area contributed by atoms with Gasteiger partial charge in [0.1, 0.15) is 24.3 Å². The van der Waals surface area contributed by atoms with Gasteiger partial charge in [-0.2, -0.15) is 0 Å². The molecule has 5 heteroatoms. The lowest BCUT2D eigenvalue weighted by molar-refractivity contribution is 0.132. The Morgan fingerprint density at radius 2 is 2.00 bits per heavy atom. The van der Waals surface area contributed by atoms with E-state index < -0.39 is 0 Å². The topological polar surface area (TPSA) is 67.6 Å². The fourth-order valence-electron chi connectivity index (χ4n) is 2.53. The van der Waals surface area contributed by atoms with Crippen molar-refractivity contribution < 1.29 is 9.25 Å². The predicted molar refractivity (Wildman–Crippen MR) is 97.7 cm³/mol. The van der Waals surface area contributed by atoms with E-state index in [0.29, 0.717) is 24.5 Å². The first kappa shape index (κ1) is 16.8. The number of rotatable bonds is 6. The molecule has 1 aromatic carbocycles. The van der Waals surface area contributed by atoms with E-state index >= 15 is 0 Å². The lowest BCUT2D eigenvalue weighted by Gasteiger charge is -2.04. The number of benzene rings is 1. The van der Waals surface area contributed by atoms with Gasteiger partial charge in [-0.15, -0.1) is 0 Å². The highest BCUT2D eigenvalue weighted by atomic mass is 16.6. The highest BCUT2D eigenvalue weighted by molar-refractivity contribution is 5.77. The number of furan rings is 1. The van der Waals surface area contributed by atoms with E-state index in [9.17, 15) is 4.79 Å². The molecule has 0 aliphatic heterocycles. The van der Waals surface area contributed by atoms with Crippen LogP contribution in [0.15, 0.2) is 62.9 Å². The maximum Gasteiger partial charge on any atom is 0.251 e. The molecule has 0 radical (unpaired) electrons. The number of oxime groups is 1. The molecular formula is C20H20N2O3. The molecule has 0 amide bonds. The molecule has 0 bridgehead atoms. The zero-order valence-corrected chi connectivity index (χ0v) is 14.3. The molecule has 5 nitrogen and oxygen atoms in total. The predicted octanol–water partition coefficient (Wildman–Crippen LogP) is 4.06. The third-order valence-corrected chi connectivity index (χ3v) is 3.92. The van der Waals surface area contributed by atoms with Gasteiger partial charge in [-0.05, 0) is 37.1 Å². The van der Waals surface area contributed by atoms with Gasteiger partial charge < -0.3 is 14.2 Å². The maximum atomic E-state index is 11.8. The smallest absolute Gasteiger partial charge is 0.251 e. The highest BCUT2D eigenvalue weighted by Gasteiger charge is 2.10. The Hall–Kier alpha value is -3.08. The standard InChI is InChI=1S/C20H20N2O3/c1-3-16-11-18(14(2)22-20(16)23)19-10-9-17(25-19)12-21-24-13-15-7-5-4-6-8-15/h4-12H,3,13H2,1-2H3,(H,22,23). The van der Waals surface area contributed by atoms with E-state index in [1.165, 1.54) is 6.21 Å². The van der Waals surface area contributed by atoms with Gasteiger partial charge in [0.15, 0.2) is 0 Å². The summed E-state index contributed by atoms with van der Waals surface area (Å²) in [6, 6.07) is 15.4. The number of aromatic nitrogens is 1. The second kappa shape index (κ2) is 7.66. The van der Waals surface area contributed by atoms with Crippen LogP contribution in [0.1, 0.15) is 29.5 Å². The maximum absolute atomic E-state index is 11.8. The lowest BCUT2D eigenvalue weighted by Crippen LogP contribution is -2.13. The van der Waals surface area contributed by atoms with Crippen LogP contribution in [0.5, 0.6) is 0 Å². The summed E-state index contributed by atoms with van der Waals surface area (Å²) in [6.07, 6.45) is 2.21. The Morgan fingerprint density at radius 1 is 1.20 bits per heavy atom. The molecule has 3 rings (SSSR count). The second-order valence-corrected chi connectivity index (χ2v) is 5.71. The largest absolute Gasteiger partial charge is 0.455 e. The van der Waals surface area contributed by atoms with Gasteiger partial charge in [-0.3, -0.25) is 4.79 Å². The zero-order valence-electron chi connectivity index (χ0n) is 14.3. The van der Waals surface area contributed by atoms with E-state index in [2.05, 4.69) is 10.1 Å². The number of hydrogen-bond donors (Lipinski definition) is 1. The van der Waals surface area contributed by atoms with Gasteiger partial charge in [0.2, 0.25) is 0 Å². The molecule has 0 spiro atoms. The van der Waals surface area contributed by atoms with Crippen molar-refractivity contribution in [2.24, 2.45) is 5.16 Å². The molecule has 1 N–H and O–H groups in total. The van der Waals surface area contributed by atoms with Crippen molar-refractivity contribution in [3.63, 3.8) is 0 Å². The molecule has 2 heterocycles. The van der Waals surface area contributed by atoms with Crippen LogP contribution in [0.25, 0.3) is 11.3 Å². The number of aryl methyl sites for hydroxylation is 2. The van der Waals surface area contributed by atoms with Gasteiger partial charge in [-0.25, -0.2) is 0 Å². The molecule has 0 fully saturated rings. The monoisotopic (exact) mass is 336 g/mol. The number of hydrogen-bond acceptors (Lipinski definition) is 4. The number of nitrogens with zero attached hydrogens (tertiary/aromatic N) is 1. The van der Waals surface area contributed by atoms with Crippen LogP contribution >= 0.6 is 0 Å². The zero-order chi connectivity index (χ0) is 17.6. The Balaban J connectivity index is 1.70. The Labute approximate surface area is 146 Å². The summed E-state index contributed by atoms with van der Waals surface area (Å²) in [5.41, 5.74) is 3.39. The summed E-state index contributed by atoms with van der Waals surface area (Å²) in [6.45, 7) is 4.22. The second-order valence-electron chi connectivity index (χ2n) is 5.71. The van der Waals surface area contributed by atoms with Crippen molar-refractivity contribution in [3.8, 4) is 11.3 Å². The molecule has 3 aromatic rings. The van der Waals surface area contributed by atoms with Crippen LogP contribution in [0.3, 0.4) is 0 Å². The third kappa shape index (κ3) is 4.07. The van der Waals surface area contributed by atoms with Crippen LogP contribution in [-0.2, 0) is 17.9 Å². The van der Waals surface area contributed by atoms with Crippen LogP contribution in [0.2, 0.25) is 0 Å². The molecule has 0 aliphatic carbocycles. The van der Waals surface area contributed by atoms with E-state index in [4.69, 9.17) is 9.25 Å². The fraction of sp³-hybridized carbons (Fsp3) is 0.200. The number of H-pyrrole nitrogens is 1. The van der Waals surface area contributed by atoms with E-state index in [-0.39, 0.29) is 5.56 Å². The van der Waals surface area contributed by atoms with Crippen molar-refractivity contribution >= 4 is 6.21 Å². The van der Waals surface area contributed by atoms with E-state index in [1.54, 1.807) is 0 Å². The van der Waals surface area contributed by atoms with Crippen molar-refractivity contribution in [3.05, 3.63) is 81.5 Å². The average Bonchev–Trinajstić information content (AvgIpc) is 3.08. The lowest BCUT2D eigenvalue weighted by atomic mass is 10.1. The van der Waals surface area contributed by atoms with Gasteiger partial charge >= 0.3 is 0 Å². The molecule has 128 valence electrons. The third-order valence-electron chi connectivity index (χ3n) is 3.92. The molecule has 0 saturated carbocycles. The quantitative estimate of drug-likeness (QED) is 0.545. The first-order valence-electron chi connectivity index (χ1n) is 8.19. The summed E-state index contributed by atoms with van der Waals surface area (Å²) in [5.74, 6) is 1.28. The minimum absolute atomic E-state index is 0.0496. The summed E-state index contributed by atoms with van der Waals surface area (Å²) >= 11 is 0. The minimum Gasteiger partial charge on any atom is -0.455 e. The van der Waals surface area contributed by atoms with Crippen molar-refractivity contribution in [1.82, 2.24) is 4.98 Å². The van der Waals surface area contributed by atoms with E-state index in [0.717, 1.165) is 22.4 Å². The Morgan fingerprint density at radius 3 is 2.76 bits per heavy atom. The van der Waals surface area contributed by atoms with Crippen molar-refractivity contribution in [2.75, 3.05) is 0 Å². The summed E-state index contributed by atoms with van der Waals surface area (Å²) in [5, 5.41) is 3.94. The molecule has 25 heavy (non-hydrogen) atoms. The van der Waals surface area contributed by atoms with Crippen molar-refractivity contribution in [2.45, 2.75) is 26.9 Å². The molecule has 0 unspecified atom stereocenters. The van der Waals surface area contributed by atoms with Crippen LogP contribution in [-0.4, -0.2) is 11.2 Å². The molecule has 0 atom stereocenters. The summed E-state index contributed by atoms with van der Waals surface area (Å²) in [7, 11) is 0. The average molecular weight is 336 g/mol. The summed E-state index contributed by atoms with van der Waals surface area (Å²) in [4.78, 5) is 20.0. The van der Waals surface area contributed by atoms with Crippen LogP contribution < -0.4 is 5.56 Å². The van der Waals surface area contributed by atoms with Gasteiger partial charge in [0.05, 0.1) is 0 Å². The molecule has 0 saturated heterocycles. The normalized spacial score (nSPS) is 11.1. The van der Waals surface area contributed by atoms with Crippen LogP contribution in [0.4, 0.5) is 0 Å². The molecular weight excluding hydrogens is 316 g/mol. The minimum atomic E-state index is -0.0496. The number of nitrogens with one attached hydrogen (secondary N) is 1. The summed E-state index contributed by atoms with van der Waals surface area (Å²) < 4.78 is 5.79. The van der Waals surface area contributed by atoms with Gasteiger partial charge in [0, 0.05) is 16.8 Å². The molecule has 0 aliphatic rings. The number of aromatic amines is 1. The van der Waals surface area contributed by atoms with Crippen LogP contribution in [0, 0.1) is 6.92 Å². The first-order valence-corrected chi connectivity index (χ1v) is 8.19. The Bertz CT molecular complexity index is 924. The van der Waals surface area contributed by atoms with Gasteiger partial charge in [-0.1, -0.05) is 42.4 Å². The Kier molecular flexibility index (Phi) is 5.14. The SMILES string of the molecule is CCc1cc(-c2ccc(C=NOCc3ccccc3)o2)c(C)[nH]c1=O. The first-order chi connectivity index (χ1) is 12.2. The highest BCUT2D eigenvalue weighted by Crippen LogP contribution is 2.24. The van der Waals surface area contributed by atoms with E-state index in [1.807, 2.05) is 62.4 Å². The molecule has 2 aromatic heterocycles. The fourth-order valence-corrected chi connectivity index (χ4v) is 2.53.